The maximum absolute atomic E-state index is 9.41. The van der Waals surface area contributed by atoms with Gasteiger partial charge in [0.05, 0.1) is 36.9 Å². The van der Waals surface area contributed by atoms with Crippen LogP contribution < -0.4 is 0 Å². The van der Waals surface area contributed by atoms with Crippen molar-refractivity contribution in [1.29, 1.82) is 0 Å². The third-order valence-electron chi connectivity index (χ3n) is 3.07. The van der Waals surface area contributed by atoms with Gasteiger partial charge in [-0.05, 0) is 25.7 Å². The molecule has 0 aromatic carbocycles. The second-order valence-electron chi connectivity index (χ2n) is 5.09. The van der Waals surface area contributed by atoms with E-state index in [1.165, 1.54) is 0 Å². The van der Waals surface area contributed by atoms with Gasteiger partial charge >= 0.3 is 0 Å². The van der Waals surface area contributed by atoms with Gasteiger partial charge < -0.3 is 19.7 Å². The molecule has 0 saturated heterocycles. The van der Waals surface area contributed by atoms with E-state index in [2.05, 4.69) is 0 Å². The van der Waals surface area contributed by atoms with Gasteiger partial charge in [-0.3, -0.25) is 0 Å². The summed E-state index contributed by atoms with van der Waals surface area (Å²) in [5.41, 5.74) is 0. The van der Waals surface area contributed by atoms with Gasteiger partial charge in [0.15, 0.2) is 0 Å². The molecule has 0 spiro atoms. The Morgan fingerprint density at radius 2 is 1.27 bits per heavy atom. The van der Waals surface area contributed by atoms with Crippen molar-refractivity contribution in [3.05, 3.63) is 0 Å². The fourth-order valence-corrected chi connectivity index (χ4v) is 2.45. The normalized spacial score (nSPS) is 17.2. The van der Waals surface area contributed by atoms with Crippen molar-refractivity contribution >= 4 is 46.4 Å². The minimum Gasteiger partial charge on any atom is -0.392 e. The first kappa shape index (κ1) is 23.0. The Morgan fingerprint density at radius 1 is 0.682 bits per heavy atom. The summed E-state index contributed by atoms with van der Waals surface area (Å²) in [4.78, 5) is 0. The summed E-state index contributed by atoms with van der Waals surface area (Å²) in [6, 6.07) is 0. The lowest BCUT2D eigenvalue weighted by molar-refractivity contribution is -0.00372. The standard InChI is InChI=1S/C14H26Cl4O4/c15-6-11(19)3-4-14(9-18)21-5-1-2-13(8-17)22-10-12(20)7-16/h11-14,19-20H,1-10H2. The van der Waals surface area contributed by atoms with Gasteiger partial charge in [0.1, 0.15) is 0 Å². The number of hydrogen-bond donors (Lipinski definition) is 2. The number of halogens is 4. The molecule has 4 atom stereocenters. The minimum atomic E-state index is -0.669. The van der Waals surface area contributed by atoms with Gasteiger partial charge in [-0.2, -0.15) is 0 Å². The first-order valence-corrected chi connectivity index (χ1v) is 9.54. The van der Waals surface area contributed by atoms with Crippen LogP contribution in [-0.4, -0.2) is 71.4 Å². The van der Waals surface area contributed by atoms with E-state index in [-0.39, 0.29) is 30.6 Å². The number of hydrogen-bond acceptors (Lipinski definition) is 4. The van der Waals surface area contributed by atoms with E-state index in [0.29, 0.717) is 31.2 Å². The molecule has 0 aromatic heterocycles. The highest BCUT2D eigenvalue weighted by atomic mass is 35.5. The van der Waals surface area contributed by atoms with Crippen LogP contribution in [0.1, 0.15) is 25.7 Å². The molecule has 0 rings (SSSR count). The highest BCUT2D eigenvalue weighted by Gasteiger charge is 2.13. The van der Waals surface area contributed by atoms with Gasteiger partial charge in [0.25, 0.3) is 0 Å². The van der Waals surface area contributed by atoms with Crippen molar-refractivity contribution in [3.8, 4) is 0 Å². The molecule has 0 heterocycles. The molecule has 0 radical (unpaired) electrons. The minimum absolute atomic E-state index is 0.0898. The van der Waals surface area contributed by atoms with Gasteiger partial charge in [-0.15, -0.1) is 46.4 Å². The molecule has 0 aliphatic heterocycles. The largest absolute Gasteiger partial charge is 0.392 e. The molecule has 0 amide bonds. The number of alkyl halides is 4. The predicted octanol–water partition coefficient (Wildman–Crippen LogP) is 2.99. The van der Waals surface area contributed by atoms with Gasteiger partial charge in [0.2, 0.25) is 0 Å². The Morgan fingerprint density at radius 3 is 1.82 bits per heavy atom. The fourth-order valence-electron chi connectivity index (χ4n) is 1.72. The van der Waals surface area contributed by atoms with Crippen LogP contribution >= 0.6 is 46.4 Å². The third kappa shape index (κ3) is 12.4. The summed E-state index contributed by atoms with van der Waals surface area (Å²) < 4.78 is 11.1. The Labute approximate surface area is 153 Å². The smallest absolute Gasteiger partial charge is 0.0908 e. The molecular weight excluding hydrogens is 374 g/mol. The third-order valence-corrected chi connectivity index (χ3v) is 4.47. The Bertz CT molecular complexity index is 225. The van der Waals surface area contributed by atoms with E-state index in [9.17, 15) is 10.2 Å². The molecule has 0 fully saturated rings. The van der Waals surface area contributed by atoms with E-state index >= 15 is 0 Å². The van der Waals surface area contributed by atoms with Crippen LogP contribution in [0.25, 0.3) is 0 Å². The van der Waals surface area contributed by atoms with E-state index in [4.69, 9.17) is 55.9 Å². The molecule has 0 aliphatic carbocycles. The monoisotopic (exact) mass is 398 g/mol. The highest BCUT2D eigenvalue weighted by molar-refractivity contribution is 6.18. The van der Waals surface area contributed by atoms with Crippen molar-refractivity contribution in [2.45, 2.75) is 50.1 Å². The fraction of sp³-hybridized carbons (Fsp3) is 1.00. The van der Waals surface area contributed by atoms with E-state index < -0.39 is 12.2 Å². The van der Waals surface area contributed by atoms with Crippen molar-refractivity contribution in [1.82, 2.24) is 0 Å². The molecule has 4 unspecified atom stereocenters. The van der Waals surface area contributed by atoms with Crippen molar-refractivity contribution in [2.75, 3.05) is 36.7 Å². The van der Waals surface area contributed by atoms with E-state index in [1.807, 2.05) is 0 Å². The highest BCUT2D eigenvalue weighted by Crippen LogP contribution is 2.11. The predicted molar refractivity (Wildman–Crippen MR) is 92.8 cm³/mol. The maximum Gasteiger partial charge on any atom is 0.0908 e. The molecule has 134 valence electrons. The number of aliphatic hydroxyl groups excluding tert-OH is 2. The summed E-state index contributed by atoms with van der Waals surface area (Å²) in [6.07, 6.45) is 1.36. The quantitative estimate of drug-likeness (QED) is 0.328. The number of aliphatic hydroxyl groups is 2. The molecule has 22 heavy (non-hydrogen) atoms. The maximum atomic E-state index is 9.41. The summed E-state index contributed by atoms with van der Waals surface area (Å²) in [5.74, 6) is 1.10. The zero-order valence-electron chi connectivity index (χ0n) is 12.6. The Hall–Kier alpha value is 1.000. The van der Waals surface area contributed by atoms with Crippen LogP contribution in [0.5, 0.6) is 0 Å². The van der Waals surface area contributed by atoms with Crippen molar-refractivity contribution in [3.63, 3.8) is 0 Å². The zero-order valence-corrected chi connectivity index (χ0v) is 15.6. The van der Waals surface area contributed by atoms with Gasteiger partial charge in [-0.25, -0.2) is 0 Å². The summed E-state index contributed by atoms with van der Waals surface area (Å²) in [5, 5.41) is 18.7. The van der Waals surface area contributed by atoms with Crippen LogP contribution in [0.3, 0.4) is 0 Å². The van der Waals surface area contributed by atoms with Crippen molar-refractivity contribution in [2.24, 2.45) is 0 Å². The number of ether oxygens (including phenoxy) is 2. The molecule has 0 saturated carbocycles. The molecule has 0 bridgehead atoms. The van der Waals surface area contributed by atoms with Crippen LogP contribution in [0.2, 0.25) is 0 Å². The van der Waals surface area contributed by atoms with Gasteiger partial charge in [-0.1, -0.05) is 0 Å². The number of rotatable bonds is 15. The summed E-state index contributed by atoms with van der Waals surface area (Å²) in [7, 11) is 0. The molecule has 4 nitrogen and oxygen atoms in total. The first-order valence-electron chi connectivity index (χ1n) is 7.40. The Kier molecular flexibility index (Phi) is 16.2. The van der Waals surface area contributed by atoms with Crippen LogP contribution in [0.4, 0.5) is 0 Å². The zero-order chi connectivity index (χ0) is 16.8. The molecule has 0 aromatic rings. The lowest BCUT2D eigenvalue weighted by atomic mass is 10.1. The average Bonchev–Trinajstić information content (AvgIpc) is 2.55. The lowest BCUT2D eigenvalue weighted by Crippen LogP contribution is -2.25. The van der Waals surface area contributed by atoms with Crippen LogP contribution in [0.15, 0.2) is 0 Å². The van der Waals surface area contributed by atoms with Crippen LogP contribution in [-0.2, 0) is 9.47 Å². The molecular formula is C14H26Cl4O4. The lowest BCUT2D eigenvalue weighted by Gasteiger charge is -2.19. The molecule has 2 N–H and O–H groups in total. The Balaban J connectivity index is 3.77. The van der Waals surface area contributed by atoms with Gasteiger partial charge in [0, 0.05) is 24.2 Å². The van der Waals surface area contributed by atoms with E-state index in [0.717, 1.165) is 12.8 Å². The molecule has 8 heteroatoms. The second kappa shape index (κ2) is 15.5. The summed E-state index contributed by atoms with van der Waals surface area (Å²) in [6.45, 7) is 0.728. The first-order chi connectivity index (χ1) is 10.6. The van der Waals surface area contributed by atoms with E-state index in [1.54, 1.807) is 0 Å². The topological polar surface area (TPSA) is 58.9 Å². The SMILES string of the molecule is OC(CCl)CCC(CCl)OCCCC(CCl)OCC(O)CCl. The van der Waals surface area contributed by atoms with Crippen LogP contribution in [0, 0.1) is 0 Å². The molecule has 0 aliphatic rings. The van der Waals surface area contributed by atoms with Crippen molar-refractivity contribution < 1.29 is 19.7 Å². The second-order valence-corrected chi connectivity index (χ2v) is 6.33. The average molecular weight is 400 g/mol. The summed E-state index contributed by atoms with van der Waals surface area (Å²) >= 11 is 22.7.